The molecule has 1 N–H and O–H groups in total. The fourth-order valence-electron chi connectivity index (χ4n) is 4.06. The van der Waals surface area contributed by atoms with Crippen molar-refractivity contribution in [3.8, 4) is 0 Å². The molecule has 1 aliphatic heterocycles. The molecule has 1 saturated heterocycles. The van der Waals surface area contributed by atoms with Gasteiger partial charge in [-0.15, -0.1) is 0 Å². The quantitative estimate of drug-likeness (QED) is 0.883. The Kier molecular flexibility index (Phi) is 4.47. The van der Waals surface area contributed by atoms with E-state index < -0.39 is 29.8 Å². The van der Waals surface area contributed by atoms with E-state index in [-0.39, 0.29) is 23.2 Å². The number of rotatable bonds is 2. The van der Waals surface area contributed by atoms with Crippen LogP contribution >= 0.6 is 0 Å². The van der Waals surface area contributed by atoms with Gasteiger partial charge >= 0.3 is 12.1 Å². The Morgan fingerprint density at radius 1 is 1.24 bits per heavy atom. The predicted octanol–water partition coefficient (Wildman–Crippen LogP) is 3.27. The van der Waals surface area contributed by atoms with Crippen LogP contribution in [0.25, 0.3) is 0 Å². The molecule has 0 aromatic carbocycles. The van der Waals surface area contributed by atoms with Crippen LogP contribution in [0.4, 0.5) is 13.2 Å². The summed E-state index contributed by atoms with van der Waals surface area (Å²) in [5.74, 6) is -1.47. The van der Waals surface area contributed by atoms with E-state index in [0.29, 0.717) is 6.42 Å². The summed E-state index contributed by atoms with van der Waals surface area (Å²) in [6.45, 7) is 1.34. The monoisotopic (exact) mass is 356 g/mol. The van der Waals surface area contributed by atoms with Crippen LogP contribution in [0.15, 0.2) is 12.1 Å². The number of fused-ring (bicyclic) bond motifs is 1. The Balaban J connectivity index is 1.94. The number of carboxylic acids is 1. The molecule has 0 radical (unpaired) electrons. The van der Waals surface area contributed by atoms with Crippen LogP contribution in [0.2, 0.25) is 0 Å². The molecule has 25 heavy (non-hydrogen) atoms. The minimum Gasteiger partial charge on any atom is -0.480 e. The molecular weight excluding hydrogens is 337 g/mol. The zero-order valence-electron chi connectivity index (χ0n) is 13.7. The highest BCUT2D eigenvalue weighted by atomic mass is 19.4. The van der Waals surface area contributed by atoms with Crippen LogP contribution in [-0.4, -0.2) is 39.0 Å². The first-order valence-electron chi connectivity index (χ1n) is 8.30. The van der Waals surface area contributed by atoms with E-state index in [9.17, 15) is 27.9 Å². The highest BCUT2D eigenvalue weighted by Gasteiger charge is 2.48. The van der Waals surface area contributed by atoms with Crippen LogP contribution < -0.4 is 0 Å². The first-order valence-corrected chi connectivity index (χ1v) is 8.30. The number of carbonyl (C=O) groups is 2. The molecule has 2 heterocycles. The number of aryl methyl sites for hydroxylation is 1. The third kappa shape index (κ3) is 3.21. The lowest BCUT2D eigenvalue weighted by Crippen LogP contribution is -2.46. The van der Waals surface area contributed by atoms with Gasteiger partial charge in [0.25, 0.3) is 5.91 Å². The van der Waals surface area contributed by atoms with Crippen molar-refractivity contribution in [3.63, 3.8) is 0 Å². The van der Waals surface area contributed by atoms with E-state index in [0.717, 1.165) is 37.8 Å². The number of pyridine rings is 1. The van der Waals surface area contributed by atoms with Crippen LogP contribution in [0.3, 0.4) is 0 Å². The summed E-state index contributed by atoms with van der Waals surface area (Å²) in [6, 6.07) is 0.777. The Labute approximate surface area is 142 Å². The van der Waals surface area contributed by atoms with E-state index in [1.165, 1.54) is 11.8 Å². The molecule has 1 aliphatic carbocycles. The number of aliphatic carboxylic acids is 1. The number of nitrogens with zero attached hydrogens (tertiary/aromatic N) is 2. The summed E-state index contributed by atoms with van der Waals surface area (Å²) in [4.78, 5) is 29.4. The zero-order valence-corrected chi connectivity index (χ0v) is 13.7. The van der Waals surface area contributed by atoms with Gasteiger partial charge in [-0.3, -0.25) is 4.79 Å². The van der Waals surface area contributed by atoms with Crippen molar-refractivity contribution in [2.45, 2.75) is 57.3 Å². The molecule has 5 nitrogen and oxygen atoms in total. The van der Waals surface area contributed by atoms with E-state index in [4.69, 9.17) is 0 Å². The number of hydrogen-bond donors (Lipinski definition) is 1. The number of amides is 1. The van der Waals surface area contributed by atoms with Crippen LogP contribution in [0.5, 0.6) is 0 Å². The maximum atomic E-state index is 12.9. The van der Waals surface area contributed by atoms with Crippen molar-refractivity contribution in [2.24, 2.45) is 5.92 Å². The van der Waals surface area contributed by atoms with Crippen LogP contribution in [0, 0.1) is 12.8 Å². The second-order valence-corrected chi connectivity index (χ2v) is 6.74. The normalized spacial score (nSPS) is 26.4. The van der Waals surface area contributed by atoms with E-state index >= 15 is 0 Å². The van der Waals surface area contributed by atoms with Gasteiger partial charge in [0.15, 0.2) is 0 Å². The smallest absolute Gasteiger partial charge is 0.433 e. The molecule has 8 heteroatoms. The summed E-state index contributed by atoms with van der Waals surface area (Å²) in [7, 11) is 0. The third-order valence-electron chi connectivity index (χ3n) is 5.21. The van der Waals surface area contributed by atoms with Crippen molar-refractivity contribution in [3.05, 3.63) is 29.1 Å². The van der Waals surface area contributed by atoms with Gasteiger partial charge in [0.05, 0.1) is 11.3 Å². The SMILES string of the molecule is Cc1nc(C(F)(F)F)ccc1C(=O)N1C(C(=O)O)CC2CCCCC21. The van der Waals surface area contributed by atoms with Gasteiger partial charge in [0, 0.05) is 6.04 Å². The third-order valence-corrected chi connectivity index (χ3v) is 5.21. The molecule has 136 valence electrons. The van der Waals surface area contributed by atoms with Crippen molar-refractivity contribution in [1.82, 2.24) is 9.88 Å². The number of hydrogen-bond acceptors (Lipinski definition) is 3. The average molecular weight is 356 g/mol. The Morgan fingerprint density at radius 2 is 1.92 bits per heavy atom. The number of alkyl halides is 3. The second kappa shape index (κ2) is 6.31. The minimum atomic E-state index is -4.59. The van der Waals surface area contributed by atoms with E-state index in [1.54, 1.807) is 0 Å². The molecule has 1 aromatic heterocycles. The summed E-state index contributed by atoms with van der Waals surface area (Å²) in [5.41, 5.74) is -1.07. The van der Waals surface area contributed by atoms with Crippen molar-refractivity contribution in [1.29, 1.82) is 0 Å². The van der Waals surface area contributed by atoms with Gasteiger partial charge in [0.2, 0.25) is 0 Å². The first-order chi connectivity index (χ1) is 11.7. The highest BCUT2D eigenvalue weighted by Crippen LogP contribution is 2.41. The molecule has 0 spiro atoms. The van der Waals surface area contributed by atoms with E-state index in [1.807, 2.05) is 0 Å². The maximum Gasteiger partial charge on any atom is 0.433 e. The minimum absolute atomic E-state index is 0.0328. The molecule has 1 aromatic rings. The molecular formula is C17H19F3N2O3. The Morgan fingerprint density at radius 3 is 2.52 bits per heavy atom. The standard InChI is InChI=1S/C17H19F3N2O3/c1-9-11(6-7-14(21-9)17(18,19)20)15(23)22-12-5-3-2-4-10(12)8-13(22)16(24)25/h6-7,10,12-13H,2-5,8H2,1H3,(H,24,25). The van der Waals surface area contributed by atoms with Gasteiger partial charge in [-0.2, -0.15) is 13.2 Å². The molecule has 3 atom stereocenters. The predicted molar refractivity (Wildman–Crippen MR) is 81.9 cm³/mol. The molecule has 0 bridgehead atoms. The average Bonchev–Trinajstić information content (AvgIpc) is 2.93. The Bertz CT molecular complexity index is 705. The largest absolute Gasteiger partial charge is 0.480 e. The number of likely N-dealkylation sites (tertiary alicyclic amines) is 1. The van der Waals surface area contributed by atoms with Crippen molar-refractivity contribution < 1.29 is 27.9 Å². The molecule has 1 saturated carbocycles. The fourth-order valence-corrected chi connectivity index (χ4v) is 4.06. The van der Waals surface area contributed by atoms with Gasteiger partial charge in [-0.1, -0.05) is 12.8 Å². The van der Waals surface area contributed by atoms with Gasteiger partial charge in [-0.05, 0) is 44.2 Å². The number of carbonyl (C=O) groups excluding carboxylic acids is 1. The fraction of sp³-hybridized carbons (Fsp3) is 0.588. The van der Waals surface area contributed by atoms with Crippen LogP contribution in [-0.2, 0) is 11.0 Å². The molecule has 1 amide bonds. The maximum absolute atomic E-state index is 12.9. The second-order valence-electron chi connectivity index (χ2n) is 6.74. The van der Waals surface area contributed by atoms with Crippen molar-refractivity contribution >= 4 is 11.9 Å². The highest BCUT2D eigenvalue weighted by molar-refractivity contribution is 5.98. The summed E-state index contributed by atoms with van der Waals surface area (Å²) in [5, 5.41) is 9.49. The van der Waals surface area contributed by atoms with Gasteiger partial charge in [0.1, 0.15) is 11.7 Å². The lowest BCUT2D eigenvalue weighted by Gasteiger charge is -2.33. The molecule has 3 unspecified atom stereocenters. The Hall–Kier alpha value is -2.12. The lowest BCUT2D eigenvalue weighted by molar-refractivity contribution is -0.142. The first kappa shape index (κ1) is 17.7. The summed E-state index contributed by atoms with van der Waals surface area (Å²) >= 11 is 0. The number of aromatic nitrogens is 1. The van der Waals surface area contributed by atoms with Gasteiger partial charge in [-0.25, -0.2) is 9.78 Å². The molecule has 2 fully saturated rings. The molecule has 2 aliphatic rings. The summed E-state index contributed by atoms with van der Waals surface area (Å²) < 4.78 is 38.3. The number of halogens is 3. The topological polar surface area (TPSA) is 70.5 Å². The summed E-state index contributed by atoms with van der Waals surface area (Å²) in [6.07, 6.45) is -0.648. The zero-order chi connectivity index (χ0) is 18.4. The van der Waals surface area contributed by atoms with E-state index in [2.05, 4.69) is 4.98 Å². The number of carboxylic acid groups (broad SMARTS) is 1. The van der Waals surface area contributed by atoms with Crippen LogP contribution in [0.1, 0.15) is 53.8 Å². The van der Waals surface area contributed by atoms with Crippen molar-refractivity contribution in [2.75, 3.05) is 0 Å². The lowest BCUT2D eigenvalue weighted by atomic mass is 9.84. The molecule has 3 rings (SSSR count). The van der Waals surface area contributed by atoms with Gasteiger partial charge < -0.3 is 10.0 Å².